The van der Waals surface area contributed by atoms with Gasteiger partial charge in [-0.15, -0.1) is 0 Å². The maximum atomic E-state index is 11.4. The van der Waals surface area contributed by atoms with Crippen molar-refractivity contribution in [1.82, 2.24) is 10.1 Å². The average molecular weight is 462 g/mol. The minimum Gasteiger partial charge on any atom is -0.456 e. The number of para-hydroxylation sites is 1. The molecule has 7 nitrogen and oxygen atoms in total. The van der Waals surface area contributed by atoms with E-state index in [-0.39, 0.29) is 0 Å². The largest absolute Gasteiger partial charge is 0.456 e. The fraction of sp³-hybridized carbons (Fsp3) is 0.259. The summed E-state index contributed by atoms with van der Waals surface area (Å²) in [6, 6.07) is 19.4. The normalized spacial score (nSPS) is 10.9. The number of hydroxylamine groups is 1. The van der Waals surface area contributed by atoms with Crippen molar-refractivity contribution in [3.05, 3.63) is 66.0 Å². The third-order valence-electron chi connectivity index (χ3n) is 5.55. The highest BCUT2D eigenvalue weighted by molar-refractivity contribution is 6.03. The third-order valence-corrected chi connectivity index (χ3v) is 5.55. The molecule has 1 N–H and O–H groups in total. The smallest absolute Gasteiger partial charge is 0.352 e. The van der Waals surface area contributed by atoms with Gasteiger partial charge in [-0.25, -0.2) is 9.37 Å². The fourth-order valence-electron chi connectivity index (χ4n) is 4.00. The molecular weight excluding hydrogens is 432 g/mol. The molecule has 0 radical (unpaired) electrons. The Hall–Kier alpha value is -3.84. The Morgan fingerprint density at radius 2 is 1.76 bits per heavy atom. The molecular formula is C27H29N2O5+. The highest BCUT2D eigenvalue weighted by Crippen LogP contribution is 2.43. The molecule has 34 heavy (non-hydrogen) atoms. The summed E-state index contributed by atoms with van der Waals surface area (Å²) in [6.45, 7) is 9.98. The first kappa shape index (κ1) is 23.3. The van der Waals surface area contributed by atoms with Crippen LogP contribution in [0.5, 0.6) is 11.5 Å². The minimum atomic E-state index is -0.526. The van der Waals surface area contributed by atoms with E-state index in [0.717, 1.165) is 46.3 Å². The van der Waals surface area contributed by atoms with Crippen LogP contribution in [0.3, 0.4) is 0 Å². The van der Waals surface area contributed by atoms with Crippen molar-refractivity contribution in [2.45, 2.75) is 27.7 Å². The molecule has 1 aliphatic heterocycles. The van der Waals surface area contributed by atoms with E-state index in [1.165, 1.54) is 6.92 Å². The minimum absolute atomic E-state index is 0.437. The van der Waals surface area contributed by atoms with Crippen LogP contribution < -0.4 is 25.1 Å². The summed E-state index contributed by atoms with van der Waals surface area (Å²) in [5.74, 6) is 1.29. The van der Waals surface area contributed by atoms with Crippen LogP contribution in [-0.2, 0) is 9.68 Å². The van der Waals surface area contributed by atoms with Crippen molar-refractivity contribution in [1.29, 1.82) is 0 Å². The molecule has 0 saturated heterocycles. The lowest BCUT2D eigenvalue weighted by Crippen LogP contribution is -2.29. The summed E-state index contributed by atoms with van der Waals surface area (Å²) in [6.07, 6.45) is 0. The molecule has 2 aliphatic rings. The van der Waals surface area contributed by atoms with Crippen LogP contribution in [0.1, 0.15) is 27.7 Å². The van der Waals surface area contributed by atoms with Gasteiger partial charge in [-0.2, -0.15) is 5.48 Å². The van der Waals surface area contributed by atoms with Gasteiger partial charge in [0.15, 0.2) is 11.5 Å². The first-order valence-corrected chi connectivity index (χ1v) is 11.5. The molecule has 1 aliphatic carbocycles. The number of hydrogen-bond acceptors (Lipinski definition) is 6. The Morgan fingerprint density at radius 3 is 2.50 bits per heavy atom. The predicted octanol–water partition coefficient (Wildman–Crippen LogP) is 4.78. The second-order valence-corrected chi connectivity index (χ2v) is 7.74. The molecule has 2 aromatic rings. The number of nitrogens with zero attached hydrogens (tertiary/aromatic N) is 1. The van der Waals surface area contributed by atoms with Gasteiger partial charge in [-0.05, 0) is 45.0 Å². The SMILES string of the molecule is CCNOc1ccc2c(-c3ccccc3OOC(C)=O)c3ccc(=[N+](CC)CC)cc-3oc2c1. The number of rotatable bonds is 8. The maximum Gasteiger partial charge on any atom is 0.352 e. The Labute approximate surface area is 198 Å². The van der Waals surface area contributed by atoms with Crippen molar-refractivity contribution in [2.75, 3.05) is 19.6 Å². The van der Waals surface area contributed by atoms with Gasteiger partial charge in [0.1, 0.15) is 24.4 Å². The summed E-state index contributed by atoms with van der Waals surface area (Å²) in [4.78, 5) is 27.3. The highest BCUT2D eigenvalue weighted by atomic mass is 17.2. The van der Waals surface area contributed by atoms with Gasteiger partial charge in [0.2, 0.25) is 5.36 Å². The lowest BCUT2D eigenvalue weighted by atomic mass is 9.93. The summed E-state index contributed by atoms with van der Waals surface area (Å²) in [5.41, 5.74) is 6.15. The van der Waals surface area contributed by atoms with Gasteiger partial charge < -0.3 is 9.25 Å². The number of carbonyl (C=O) groups excluding carboxylic acids is 1. The van der Waals surface area contributed by atoms with E-state index < -0.39 is 5.97 Å². The number of fused-ring (bicyclic) bond motifs is 2. The van der Waals surface area contributed by atoms with Crippen LogP contribution in [0.25, 0.3) is 33.4 Å². The fourth-order valence-corrected chi connectivity index (χ4v) is 4.00. The first-order valence-electron chi connectivity index (χ1n) is 11.5. The van der Waals surface area contributed by atoms with Crippen LogP contribution in [0.2, 0.25) is 0 Å². The molecule has 1 heterocycles. The molecule has 7 heteroatoms. The maximum absolute atomic E-state index is 11.4. The van der Waals surface area contributed by atoms with E-state index in [0.29, 0.717) is 23.6 Å². The molecule has 0 atom stereocenters. The van der Waals surface area contributed by atoms with Gasteiger partial charge in [0.25, 0.3) is 0 Å². The lowest BCUT2D eigenvalue weighted by Gasteiger charge is -2.17. The molecule has 0 bridgehead atoms. The van der Waals surface area contributed by atoms with Crippen molar-refractivity contribution >= 4 is 16.9 Å². The van der Waals surface area contributed by atoms with E-state index in [1.807, 2.05) is 43.3 Å². The van der Waals surface area contributed by atoms with Gasteiger partial charge in [-0.3, -0.25) is 9.78 Å². The number of hydrogen-bond donors (Lipinski definition) is 1. The molecule has 0 fully saturated rings. The lowest BCUT2D eigenvalue weighted by molar-refractivity contribution is -0.210. The monoisotopic (exact) mass is 461 g/mol. The Kier molecular flexibility index (Phi) is 7.13. The van der Waals surface area contributed by atoms with E-state index in [2.05, 4.69) is 42.1 Å². The first-order chi connectivity index (χ1) is 16.5. The summed E-state index contributed by atoms with van der Waals surface area (Å²) in [5, 5.41) is 1.96. The van der Waals surface area contributed by atoms with Crippen molar-refractivity contribution in [2.24, 2.45) is 0 Å². The molecule has 176 valence electrons. The number of nitrogens with one attached hydrogen (secondary N) is 1. The van der Waals surface area contributed by atoms with Crippen LogP contribution in [0.15, 0.2) is 65.1 Å². The molecule has 0 amide bonds. The van der Waals surface area contributed by atoms with Crippen LogP contribution in [-0.4, -0.2) is 25.6 Å². The van der Waals surface area contributed by atoms with Gasteiger partial charge in [-0.1, -0.05) is 18.2 Å². The van der Waals surface area contributed by atoms with E-state index >= 15 is 0 Å². The van der Waals surface area contributed by atoms with Gasteiger partial charge >= 0.3 is 5.97 Å². The standard InChI is InChI=1S/C27H29N2O5/c1-5-28-32-20-13-15-23-26(17-20)31-25-16-19(29(6-2)7-3)12-14-22(25)27(23)21-10-8-9-11-24(21)34-33-18(4)30/h8-17,28H,5-7H2,1-4H3/q+1. The van der Waals surface area contributed by atoms with Crippen LogP contribution >= 0.6 is 0 Å². The Bertz CT molecular complexity index is 1350. The molecule has 0 aromatic heterocycles. The molecule has 4 rings (SSSR count). The van der Waals surface area contributed by atoms with Crippen LogP contribution in [0.4, 0.5) is 0 Å². The highest BCUT2D eigenvalue weighted by Gasteiger charge is 2.22. The number of carbonyl (C=O) groups is 1. The zero-order chi connectivity index (χ0) is 24.1. The quantitative estimate of drug-likeness (QED) is 0.176. The zero-order valence-electron chi connectivity index (χ0n) is 19.9. The Morgan fingerprint density at radius 1 is 0.971 bits per heavy atom. The van der Waals surface area contributed by atoms with Gasteiger partial charge in [0.05, 0.1) is 6.07 Å². The summed E-state index contributed by atoms with van der Waals surface area (Å²) in [7, 11) is 0. The van der Waals surface area contributed by atoms with E-state index in [1.54, 1.807) is 6.07 Å². The molecule has 0 unspecified atom stereocenters. The van der Waals surface area contributed by atoms with Gasteiger partial charge in [0, 0.05) is 47.7 Å². The number of benzene rings is 3. The van der Waals surface area contributed by atoms with Crippen molar-refractivity contribution in [3.8, 4) is 33.9 Å². The average Bonchev–Trinajstić information content (AvgIpc) is 2.85. The predicted molar refractivity (Wildman–Crippen MR) is 131 cm³/mol. The zero-order valence-corrected chi connectivity index (χ0v) is 19.9. The third kappa shape index (κ3) is 4.75. The summed E-state index contributed by atoms with van der Waals surface area (Å²) >= 11 is 0. The van der Waals surface area contributed by atoms with Crippen LogP contribution in [0, 0.1) is 0 Å². The van der Waals surface area contributed by atoms with E-state index in [4.69, 9.17) is 19.0 Å². The Balaban J connectivity index is 2.02. The van der Waals surface area contributed by atoms with Crippen molar-refractivity contribution in [3.63, 3.8) is 0 Å². The second kappa shape index (κ2) is 10.4. The molecule has 0 saturated carbocycles. The second-order valence-electron chi connectivity index (χ2n) is 7.74. The summed E-state index contributed by atoms with van der Waals surface area (Å²) < 4.78 is 8.65. The van der Waals surface area contributed by atoms with E-state index in [9.17, 15) is 4.79 Å². The van der Waals surface area contributed by atoms with Crippen molar-refractivity contribution < 1.29 is 23.8 Å². The molecule has 2 aromatic carbocycles. The topological polar surface area (TPSA) is 72.9 Å². The molecule has 0 spiro atoms.